The molecule has 112 valence electrons. The van der Waals surface area contributed by atoms with Gasteiger partial charge in [-0.05, 0) is 36.5 Å². The second-order valence-corrected chi connectivity index (χ2v) is 7.39. The van der Waals surface area contributed by atoms with Crippen LogP contribution < -0.4 is 5.32 Å². The Bertz CT molecular complexity index is 593. The Kier molecular flexibility index (Phi) is 3.11. The van der Waals surface area contributed by atoms with Gasteiger partial charge in [-0.15, -0.1) is 10.2 Å². The number of methoxy groups -OCH3 is 1. The van der Waals surface area contributed by atoms with Crippen LogP contribution in [0.4, 0.5) is 5.13 Å². The van der Waals surface area contributed by atoms with E-state index in [0.29, 0.717) is 29.0 Å². The van der Waals surface area contributed by atoms with Crippen LogP contribution in [0.25, 0.3) is 0 Å². The predicted molar refractivity (Wildman–Crippen MR) is 80.0 cm³/mol. The monoisotopic (exact) mass is 305 g/mol. The van der Waals surface area contributed by atoms with Gasteiger partial charge < -0.3 is 10.1 Å². The van der Waals surface area contributed by atoms with Crippen LogP contribution in [0.15, 0.2) is 12.2 Å². The van der Waals surface area contributed by atoms with E-state index >= 15 is 0 Å². The van der Waals surface area contributed by atoms with Gasteiger partial charge in [-0.3, -0.25) is 4.79 Å². The largest absolute Gasteiger partial charge is 0.384 e. The van der Waals surface area contributed by atoms with Gasteiger partial charge >= 0.3 is 0 Å². The molecule has 0 radical (unpaired) electrons. The van der Waals surface area contributed by atoms with E-state index in [1.54, 1.807) is 7.11 Å². The lowest BCUT2D eigenvalue weighted by Crippen LogP contribution is -2.27. The van der Waals surface area contributed by atoms with Crippen molar-refractivity contribution in [1.29, 1.82) is 0 Å². The van der Waals surface area contributed by atoms with Crippen LogP contribution in [-0.2, 0) is 16.0 Å². The summed E-state index contributed by atoms with van der Waals surface area (Å²) in [7, 11) is 1.67. The molecule has 1 heterocycles. The Morgan fingerprint density at radius 3 is 3.05 bits per heavy atom. The second-order valence-electron chi connectivity index (χ2n) is 6.33. The van der Waals surface area contributed by atoms with Gasteiger partial charge in [0.05, 0.1) is 6.61 Å². The summed E-state index contributed by atoms with van der Waals surface area (Å²) in [5, 5.41) is 12.6. The minimum absolute atomic E-state index is 0.118. The highest BCUT2D eigenvalue weighted by molar-refractivity contribution is 7.15. The number of hydrogen-bond donors (Lipinski definition) is 1. The van der Waals surface area contributed by atoms with Crippen LogP contribution in [0, 0.1) is 23.2 Å². The zero-order valence-corrected chi connectivity index (χ0v) is 12.9. The van der Waals surface area contributed by atoms with Gasteiger partial charge in [0.15, 0.2) is 0 Å². The van der Waals surface area contributed by atoms with Crippen LogP contribution in [0.3, 0.4) is 0 Å². The van der Waals surface area contributed by atoms with Crippen molar-refractivity contribution >= 4 is 22.4 Å². The molecule has 1 N–H and O–H groups in total. The molecule has 4 rings (SSSR count). The average Bonchev–Trinajstić information content (AvgIpc) is 2.94. The van der Waals surface area contributed by atoms with Crippen LogP contribution >= 0.6 is 11.3 Å². The molecular weight excluding hydrogens is 286 g/mol. The number of nitrogens with one attached hydrogen (secondary N) is 1. The molecule has 2 bridgehead atoms. The number of allylic oxidation sites excluding steroid dienone is 2. The van der Waals surface area contributed by atoms with Crippen molar-refractivity contribution in [2.75, 3.05) is 19.0 Å². The molecule has 1 aromatic rings. The van der Waals surface area contributed by atoms with Crippen molar-refractivity contribution in [3.05, 3.63) is 17.2 Å². The molecular formula is C15H19N3O2S. The first-order valence-electron chi connectivity index (χ1n) is 7.53. The van der Waals surface area contributed by atoms with Gasteiger partial charge in [0.2, 0.25) is 11.0 Å². The van der Waals surface area contributed by atoms with Crippen LogP contribution in [0.5, 0.6) is 0 Å². The van der Waals surface area contributed by atoms with Gasteiger partial charge in [0.25, 0.3) is 0 Å². The van der Waals surface area contributed by atoms with Gasteiger partial charge in [0.1, 0.15) is 5.01 Å². The normalized spacial score (nSPS) is 31.0. The number of nitrogens with zero attached hydrogens (tertiary/aromatic N) is 2. The number of rotatable bonds is 5. The SMILES string of the molecule is COCCc1nnc(NC(=O)[C@@H]2C[C@H]3C=C[C@H]2C32CC2)s1. The Morgan fingerprint density at radius 1 is 1.48 bits per heavy atom. The highest BCUT2D eigenvalue weighted by atomic mass is 32.1. The zero-order chi connectivity index (χ0) is 14.4. The number of carbonyl (C=O) groups excluding carboxylic acids is 1. The summed E-state index contributed by atoms with van der Waals surface area (Å²) in [5.41, 5.74) is 0.451. The molecule has 1 spiro atoms. The van der Waals surface area contributed by atoms with Gasteiger partial charge in [-0.2, -0.15) is 0 Å². The maximum Gasteiger partial charge on any atom is 0.229 e. The molecule has 0 saturated heterocycles. The molecule has 3 atom stereocenters. The first-order valence-corrected chi connectivity index (χ1v) is 8.35. The molecule has 0 aromatic carbocycles. The summed E-state index contributed by atoms with van der Waals surface area (Å²) >= 11 is 1.44. The maximum absolute atomic E-state index is 12.5. The fourth-order valence-electron chi connectivity index (χ4n) is 4.06. The standard InChI is InChI=1S/C15H19N3O2S/c1-20-7-4-12-17-18-14(21-12)16-13(19)10-8-9-2-3-11(10)15(9)5-6-15/h2-3,9-11H,4-8H2,1H3,(H,16,18,19)/t9-,10-,11-/m1/s1. The molecule has 21 heavy (non-hydrogen) atoms. The third-order valence-corrected chi connectivity index (χ3v) is 6.17. The number of carbonyl (C=O) groups is 1. The number of ether oxygens (including phenoxy) is 1. The highest BCUT2D eigenvalue weighted by Crippen LogP contribution is 2.70. The summed E-state index contributed by atoms with van der Waals surface area (Å²) in [4.78, 5) is 12.5. The van der Waals surface area contributed by atoms with E-state index in [1.807, 2.05) is 0 Å². The van der Waals surface area contributed by atoms with Crippen molar-refractivity contribution < 1.29 is 9.53 Å². The van der Waals surface area contributed by atoms with E-state index in [1.165, 1.54) is 24.2 Å². The van der Waals surface area contributed by atoms with E-state index in [0.717, 1.165) is 17.8 Å². The quantitative estimate of drug-likeness (QED) is 0.848. The molecule has 0 aliphatic heterocycles. The third-order valence-electron chi connectivity index (χ3n) is 5.28. The number of amides is 1. The Balaban J connectivity index is 1.40. The molecule has 6 heteroatoms. The van der Waals surface area contributed by atoms with Crippen molar-refractivity contribution in [2.45, 2.75) is 25.7 Å². The van der Waals surface area contributed by atoms with E-state index in [9.17, 15) is 4.79 Å². The number of hydrogen-bond acceptors (Lipinski definition) is 5. The first-order chi connectivity index (χ1) is 10.2. The lowest BCUT2D eigenvalue weighted by molar-refractivity contribution is -0.120. The molecule has 2 fully saturated rings. The first kappa shape index (κ1) is 13.4. The van der Waals surface area contributed by atoms with Crippen molar-refractivity contribution in [3.63, 3.8) is 0 Å². The topological polar surface area (TPSA) is 64.1 Å². The molecule has 2 saturated carbocycles. The number of anilines is 1. The number of aromatic nitrogens is 2. The molecule has 3 aliphatic rings. The summed E-state index contributed by atoms with van der Waals surface area (Å²) < 4.78 is 5.02. The van der Waals surface area contributed by atoms with Gasteiger partial charge in [0, 0.05) is 19.4 Å². The molecule has 5 nitrogen and oxygen atoms in total. The highest BCUT2D eigenvalue weighted by Gasteiger charge is 2.64. The lowest BCUT2D eigenvalue weighted by atomic mass is 9.88. The predicted octanol–water partition coefficient (Wildman–Crippen LogP) is 2.27. The molecule has 1 aromatic heterocycles. The van der Waals surface area contributed by atoms with E-state index in [-0.39, 0.29) is 11.8 Å². The van der Waals surface area contributed by atoms with E-state index < -0.39 is 0 Å². The zero-order valence-electron chi connectivity index (χ0n) is 12.0. The van der Waals surface area contributed by atoms with E-state index in [4.69, 9.17) is 4.74 Å². The average molecular weight is 305 g/mol. The fourth-order valence-corrected chi connectivity index (χ4v) is 4.79. The summed E-state index contributed by atoms with van der Waals surface area (Å²) in [6.07, 6.45) is 8.93. The molecule has 1 amide bonds. The van der Waals surface area contributed by atoms with Gasteiger partial charge in [-0.1, -0.05) is 23.5 Å². The Morgan fingerprint density at radius 2 is 2.33 bits per heavy atom. The fraction of sp³-hybridized carbons (Fsp3) is 0.667. The summed E-state index contributed by atoms with van der Waals surface area (Å²) in [5.74, 6) is 1.31. The van der Waals surface area contributed by atoms with Crippen molar-refractivity contribution in [2.24, 2.45) is 23.2 Å². The van der Waals surface area contributed by atoms with Gasteiger partial charge in [-0.25, -0.2) is 0 Å². The smallest absolute Gasteiger partial charge is 0.229 e. The summed E-state index contributed by atoms with van der Waals surface area (Å²) in [6.45, 7) is 0.627. The van der Waals surface area contributed by atoms with Crippen LogP contribution in [-0.4, -0.2) is 29.8 Å². The maximum atomic E-state index is 12.5. The Hall–Kier alpha value is -1.27. The second kappa shape index (κ2) is 4.88. The summed E-state index contributed by atoms with van der Waals surface area (Å²) in [6, 6.07) is 0. The lowest BCUT2D eigenvalue weighted by Gasteiger charge is -2.18. The van der Waals surface area contributed by atoms with Crippen LogP contribution in [0.1, 0.15) is 24.3 Å². The minimum atomic E-state index is 0.118. The van der Waals surface area contributed by atoms with Crippen molar-refractivity contribution in [1.82, 2.24) is 10.2 Å². The van der Waals surface area contributed by atoms with Crippen molar-refractivity contribution in [3.8, 4) is 0 Å². The van der Waals surface area contributed by atoms with E-state index in [2.05, 4.69) is 27.7 Å². The molecule has 0 unspecified atom stereocenters. The molecule has 3 aliphatic carbocycles. The minimum Gasteiger partial charge on any atom is -0.384 e. The Labute approximate surface area is 127 Å². The third kappa shape index (κ3) is 2.12. The van der Waals surface area contributed by atoms with Crippen LogP contribution in [0.2, 0.25) is 0 Å².